The Bertz CT molecular complexity index is 862. The molecule has 1 amide bonds. The quantitative estimate of drug-likeness (QED) is 0.722. The highest BCUT2D eigenvalue weighted by Crippen LogP contribution is 2.15. The van der Waals surface area contributed by atoms with Gasteiger partial charge >= 0.3 is 0 Å². The molecule has 27 heavy (non-hydrogen) atoms. The number of aromatic nitrogens is 4. The van der Waals surface area contributed by atoms with Crippen LogP contribution in [-0.4, -0.2) is 56.5 Å². The summed E-state index contributed by atoms with van der Waals surface area (Å²) in [6.45, 7) is 4.60. The molecular formula is C18H19N7OS. The van der Waals surface area contributed by atoms with Gasteiger partial charge in [-0.3, -0.25) is 9.69 Å². The lowest BCUT2D eigenvalue weighted by Gasteiger charge is -2.34. The van der Waals surface area contributed by atoms with Crippen molar-refractivity contribution in [3.63, 3.8) is 0 Å². The van der Waals surface area contributed by atoms with Crippen LogP contribution in [0.4, 0.5) is 10.9 Å². The number of anilines is 2. The van der Waals surface area contributed by atoms with Crippen molar-refractivity contribution in [2.24, 2.45) is 0 Å². The highest BCUT2D eigenvalue weighted by molar-refractivity contribution is 7.10. The summed E-state index contributed by atoms with van der Waals surface area (Å²) in [6, 6.07) is 9.55. The van der Waals surface area contributed by atoms with E-state index in [9.17, 15) is 4.79 Å². The Morgan fingerprint density at radius 1 is 1.07 bits per heavy atom. The van der Waals surface area contributed by atoms with Crippen LogP contribution in [-0.2, 0) is 6.54 Å². The van der Waals surface area contributed by atoms with E-state index < -0.39 is 0 Å². The van der Waals surface area contributed by atoms with Gasteiger partial charge in [0.1, 0.15) is 5.00 Å². The predicted octanol–water partition coefficient (Wildman–Crippen LogP) is 1.90. The zero-order valence-electron chi connectivity index (χ0n) is 14.7. The number of nitrogens with one attached hydrogen (secondary N) is 1. The summed E-state index contributed by atoms with van der Waals surface area (Å²) < 4.78 is 3.73. The number of hydrogen-bond donors (Lipinski definition) is 1. The lowest BCUT2D eigenvalue weighted by atomic mass is 10.1. The molecule has 1 N–H and O–H groups in total. The van der Waals surface area contributed by atoms with Gasteiger partial charge in [-0.05, 0) is 23.8 Å². The van der Waals surface area contributed by atoms with Crippen LogP contribution in [0.15, 0.2) is 48.9 Å². The van der Waals surface area contributed by atoms with Gasteiger partial charge < -0.3 is 10.2 Å². The molecule has 3 aromatic rings. The number of rotatable bonds is 5. The summed E-state index contributed by atoms with van der Waals surface area (Å²) in [4.78, 5) is 25.4. The van der Waals surface area contributed by atoms with Crippen molar-refractivity contribution in [2.75, 3.05) is 36.4 Å². The van der Waals surface area contributed by atoms with E-state index >= 15 is 0 Å². The van der Waals surface area contributed by atoms with E-state index in [-0.39, 0.29) is 5.91 Å². The van der Waals surface area contributed by atoms with E-state index in [2.05, 4.69) is 34.7 Å². The fourth-order valence-electron chi connectivity index (χ4n) is 2.99. The normalized spacial score (nSPS) is 14.9. The van der Waals surface area contributed by atoms with E-state index in [0.29, 0.717) is 10.6 Å². The molecule has 1 fully saturated rings. The maximum Gasteiger partial charge on any atom is 0.256 e. The smallest absolute Gasteiger partial charge is 0.256 e. The maximum atomic E-state index is 12.2. The monoisotopic (exact) mass is 381 g/mol. The van der Waals surface area contributed by atoms with Gasteiger partial charge in [-0.2, -0.15) is 0 Å². The first-order valence-corrected chi connectivity index (χ1v) is 9.47. The Morgan fingerprint density at radius 2 is 1.81 bits per heavy atom. The molecule has 0 bridgehead atoms. The Labute approximate surface area is 161 Å². The van der Waals surface area contributed by atoms with Gasteiger partial charge in [-0.15, -0.1) is 5.10 Å². The first-order valence-electron chi connectivity index (χ1n) is 8.70. The second kappa shape index (κ2) is 8.19. The number of nitrogens with zero attached hydrogens (tertiary/aromatic N) is 6. The van der Waals surface area contributed by atoms with E-state index in [1.807, 2.05) is 30.3 Å². The SMILES string of the molecule is O=C(Nc1cnns1)c1ccc(CN2CCN(c3ncccn3)CC2)cc1. The molecule has 2 aromatic heterocycles. The topological polar surface area (TPSA) is 87.1 Å². The number of piperazine rings is 1. The van der Waals surface area contributed by atoms with Crippen molar-refractivity contribution in [3.8, 4) is 0 Å². The molecule has 1 aromatic carbocycles. The largest absolute Gasteiger partial charge is 0.338 e. The van der Waals surface area contributed by atoms with Crippen molar-refractivity contribution < 1.29 is 4.79 Å². The van der Waals surface area contributed by atoms with Crippen LogP contribution in [0, 0.1) is 0 Å². The second-order valence-corrected chi connectivity index (χ2v) is 7.03. The van der Waals surface area contributed by atoms with Gasteiger partial charge in [-0.25, -0.2) is 9.97 Å². The van der Waals surface area contributed by atoms with Crippen molar-refractivity contribution in [1.82, 2.24) is 24.5 Å². The molecule has 9 heteroatoms. The maximum absolute atomic E-state index is 12.2. The van der Waals surface area contributed by atoms with Crippen LogP contribution in [0.2, 0.25) is 0 Å². The summed E-state index contributed by atoms with van der Waals surface area (Å²) in [6.07, 6.45) is 5.09. The minimum absolute atomic E-state index is 0.149. The third kappa shape index (κ3) is 4.44. The van der Waals surface area contributed by atoms with Crippen LogP contribution < -0.4 is 10.2 Å². The first kappa shape index (κ1) is 17.5. The third-order valence-corrected chi connectivity index (χ3v) is 5.01. The highest BCUT2D eigenvalue weighted by atomic mass is 32.1. The average molecular weight is 381 g/mol. The number of benzene rings is 1. The highest BCUT2D eigenvalue weighted by Gasteiger charge is 2.18. The van der Waals surface area contributed by atoms with Gasteiger partial charge in [-0.1, -0.05) is 16.6 Å². The molecule has 0 unspecified atom stereocenters. The molecule has 0 radical (unpaired) electrons. The van der Waals surface area contributed by atoms with E-state index in [1.54, 1.807) is 12.4 Å². The van der Waals surface area contributed by atoms with Gasteiger partial charge in [0, 0.05) is 62.2 Å². The molecule has 1 aliphatic heterocycles. The van der Waals surface area contributed by atoms with Gasteiger partial charge in [0.25, 0.3) is 5.91 Å². The Hall–Kier alpha value is -2.91. The summed E-state index contributed by atoms with van der Waals surface area (Å²) in [7, 11) is 0. The molecule has 1 saturated heterocycles. The fourth-order valence-corrected chi connectivity index (χ4v) is 3.40. The minimum Gasteiger partial charge on any atom is -0.338 e. The van der Waals surface area contributed by atoms with Crippen LogP contribution in [0.5, 0.6) is 0 Å². The molecular weight excluding hydrogens is 362 g/mol. The fraction of sp³-hybridized carbons (Fsp3) is 0.278. The number of hydrogen-bond acceptors (Lipinski definition) is 8. The summed E-state index contributed by atoms with van der Waals surface area (Å²) in [5.41, 5.74) is 1.81. The Balaban J connectivity index is 1.29. The zero-order chi connectivity index (χ0) is 18.5. The molecule has 0 atom stereocenters. The van der Waals surface area contributed by atoms with E-state index in [4.69, 9.17) is 0 Å². The molecule has 1 aliphatic rings. The van der Waals surface area contributed by atoms with Gasteiger partial charge in [0.2, 0.25) is 5.95 Å². The standard InChI is InChI=1S/C18H19N7OS/c26-17(22-16-12-21-23-27-16)15-4-2-14(3-5-15)13-24-8-10-25(11-9-24)18-19-6-1-7-20-18/h1-7,12H,8-11,13H2,(H,22,26). The molecule has 0 aliphatic carbocycles. The third-order valence-electron chi connectivity index (χ3n) is 4.43. The van der Waals surface area contributed by atoms with Crippen molar-refractivity contribution in [3.05, 3.63) is 60.0 Å². The summed E-state index contributed by atoms with van der Waals surface area (Å²) in [5, 5.41) is 7.14. The molecule has 8 nitrogen and oxygen atoms in total. The summed E-state index contributed by atoms with van der Waals surface area (Å²) >= 11 is 1.16. The van der Waals surface area contributed by atoms with Crippen molar-refractivity contribution in [1.29, 1.82) is 0 Å². The lowest BCUT2D eigenvalue weighted by Crippen LogP contribution is -2.46. The van der Waals surface area contributed by atoms with Gasteiger partial charge in [0.05, 0.1) is 6.20 Å². The van der Waals surface area contributed by atoms with Crippen molar-refractivity contribution in [2.45, 2.75) is 6.54 Å². The number of carbonyl (C=O) groups excluding carboxylic acids is 1. The minimum atomic E-state index is -0.149. The van der Waals surface area contributed by atoms with E-state index in [0.717, 1.165) is 50.2 Å². The molecule has 0 saturated carbocycles. The summed E-state index contributed by atoms with van der Waals surface area (Å²) in [5.74, 6) is 0.646. The van der Waals surface area contributed by atoms with Gasteiger partial charge in [0.15, 0.2) is 0 Å². The Morgan fingerprint density at radius 3 is 2.48 bits per heavy atom. The zero-order valence-corrected chi connectivity index (χ0v) is 15.5. The Kier molecular flexibility index (Phi) is 5.31. The molecule has 3 heterocycles. The number of amides is 1. The van der Waals surface area contributed by atoms with Crippen LogP contribution >= 0.6 is 11.5 Å². The van der Waals surface area contributed by atoms with Crippen LogP contribution in [0.1, 0.15) is 15.9 Å². The lowest BCUT2D eigenvalue weighted by molar-refractivity contribution is 0.102. The number of carbonyl (C=O) groups is 1. The first-order chi connectivity index (χ1) is 13.3. The van der Waals surface area contributed by atoms with Crippen LogP contribution in [0.25, 0.3) is 0 Å². The molecule has 0 spiro atoms. The average Bonchev–Trinajstić information content (AvgIpc) is 3.23. The molecule has 4 rings (SSSR count). The predicted molar refractivity (Wildman–Crippen MR) is 104 cm³/mol. The van der Waals surface area contributed by atoms with E-state index in [1.165, 1.54) is 11.8 Å². The molecule has 138 valence electrons. The van der Waals surface area contributed by atoms with Crippen molar-refractivity contribution >= 4 is 28.4 Å². The van der Waals surface area contributed by atoms with Crippen LogP contribution in [0.3, 0.4) is 0 Å². The second-order valence-electron chi connectivity index (χ2n) is 6.24.